The fraction of sp³-hybridized carbons (Fsp3) is 0.238. The summed E-state index contributed by atoms with van der Waals surface area (Å²) in [5, 5.41) is 14.0. The number of rotatable bonds is 6. The van der Waals surface area contributed by atoms with E-state index < -0.39 is 16.7 Å². The SMILES string of the molecule is C=C/C(=C(\C=C/C)[N+](=O)[O-])N1C(=O)C=C(Nc2ccccc2)C1=O.CC.CC. The Hall–Kier alpha value is -3.48. The van der Waals surface area contributed by atoms with Crippen molar-refractivity contribution in [2.24, 2.45) is 0 Å². The molecule has 2 rings (SSSR count). The topological polar surface area (TPSA) is 92.6 Å². The van der Waals surface area contributed by atoms with E-state index in [9.17, 15) is 19.7 Å². The molecule has 1 N–H and O–H groups in total. The van der Waals surface area contributed by atoms with E-state index in [1.54, 1.807) is 31.2 Å². The van der Waals surface area contributed by atoms with Crippen molar-refractivity contribution in [2.45, 2.75) is 34.6 Å². The first-order valence-electron chi connectivity index (χ1n) is 9.05. The second-order valence-electron chi connectivity index (χ2n) is 4.76. The average Bonchev–Trinajstić information content (AvgIpc) is 2.99. The van der Waals surface area contributed by atoms with Gasteiger partial charge in [0.1, 0.15) is 11.4 Å². The quantitative estimate of drug-likeness (QED) is 0.333. The molecule has 0 saturated heterocycles. The predicted molar refractivity (Wildman–Crippen MR) is 112 cm³/mol. The van der Waals surface area contributed by atoms with Gasteiger partial charge in [0.2, 0.25) is 0 Å². The van der Waals surface area contributed by atoms with E-state index in [0.717, 1.165) is 17.1 Å². The van der Waals surface area contributed by atoms with Crippen molar-refractivity contribution >= 4 is 17.5 Å². The van der Waals surface area contributed by atoms with E-state index in [-0.39, 0.29) is 17.1 Å². The first kappa shape index (κ1) is 24.5. The molecule has 0 aromatic heterocycles. The maximum Gasteiger partial charge on any atom is 0.293 e. The van der Waals surface area contributed by atoms with Gasteiger partial charge in [-0.15, -0.1) is 0 Å². The van der Waals surface area contributed by atoms with Crippen molar-refractivity contribution in [3.63, 3.8) is 0 Å². The summed E-state index contributed by atoms with van der Waals surface area (Å²) in [7, 11) is 0. The number of nitro groups is 1. The van der Waals surface area contributed by atoms with Crippen LogP contribution in [0.5, 0.6) is 0 Å². The first-order valence-corrected chi connectivity index (χ1v) is 9.05. The average molecular weight is 385 g/mol. The summed E-state index contributed by atoms with van der Waals surface area (Å²) >= 11 is 0. The van der Waals surface area contributed by atoms with E-state index in [1.807, 2.05) is 33.8 Å². The number of amides is 2. The fourth-order valence-corrected chi connectivity index (χ4v) is 2.17. The zero-order valence-corrected chi connectivity index (χ0v) is 16.9. The fourth-order valence-electron chi connectivity index (χ4n) is 2.17. The molecular weight excluding hydrogens is 358 g/mol. The number of carbonyl (C=O) groups is 2. The molecule has 0 aliphatic carbocycles. The highest BCUT2D eigenvalue weighted by Gasteiger charge is 2.36. The number of allylic oxidation sites excluding steroid dienone is 3. The zero-order valence-electron chi connectivity index (χ0n) is 16.9. The van der Waals surface area contributed by atoms with Crippen LogP contribution in [0.15, 0.2) is 78.3 Å². The van der Waals surface area contributed by atoms with Crippen LogP contribution in [0.2, 0.25) is 0 Å². The Morgan fingerprint density at radius 3 is 2.18 bits per heavy atom. The first-order chi connectivity index (χ1) is 13.5. The molecule has 0 fully saturated rings. The van der Waals surface area contributed by atoms with Crippen molar-refractivity contribution in [1.29, 1.82) is 0 Å². The van der Waals surface area contributed by atoms with Crippen molar-refractivity contribution in [3.05, 3.63) is 88.4 Å². The number of anilines is 1. The number of nitrogens with one attached hydrogen (secondary N) is 1. The van der Waals surface area contributed by atoms with Gasteiger partial charge in [-0.1, -0.05) is 58.5 Å². The molecule has 7 heteroatoms. The van der Waals surface area contributed by atoms with Crippen LogP contribution in [-0.4, -0.2) is 21.6 Å². The molecule has 0 bridgehead atoms. The Kier molecular flexibility index (Phi) is 11.2. The minimum absolute atomic E-state index is 0.0359. The maximum absolute atomic E-state index is 12.5. The third-order valence-electron chi connectivity index (χ3n) is 3.19. The lowest BCUT2D eigenvalue weighted by molar-refractivity contribution is -0.420. The van der Waals surface area contributed by atoms with Gasteiger partial charge in [-0.2, -0.15) is 0 Å². The number of nitrogens with zero attached hydrogens (tertiary/aromatic N) is 2. The van der Waals surface area contributed by atoms with Gasteiger partial charge in [0.05, 0.1) is 4.92 Å². The molecule has 1 aliphatic heterocycles. The number of imide groups is 1. The molecule has 0 radical (unpaired) electrons. The molecule has 0 saturated carbocycles. The van der Waals surface area contributed by atoms with Crippen molar-refractivity contribution in [1.82, 2.24) is 4.90 Å². The monoisotopic (exact) mass is 385 g/mol. The second-order valence-corrected chi connectivity index (χ2v) is 4.76. The molecule has 28 heavy (non-hydrogen) atoms. The summed E-state index contributed by atoms with van der Waals surface area (Å²) in [5.41, 5.74) is 0.102. The lowest BCUT2D eigenvalue weighted by Gasteiger charge is -2.15. The van der Waals surface area contributed by atoms with Gasteiger partial charge in [-0.25, -0.2) is 4.90 Å². The van der Waals surface area contributed by atoms with Gasteiger partial charge in [0.15, 0.2) is 0 Å². The molecular formula is C21H27N3O4. The molecule has 1 aromatic carbocycles. The second kappa shape index (κ2) is 12.8. The van der Waals surface area contributed by atoms with Crippen LogP contribution in [0.1, 0.15) is 34.6 Å². The summed E-state index contributed by atoms with van der Waals surface area (Å²) < 4.78 is 0. The van der Waals surface area contributed by atoms with Gasteiger partial charge in [-0.3, -0.25) is 19.7 Å². The standard InChI is InChI=1S/C17H15N3O4.2C2H6/c1-3-8-15(20(23)24)14(4-2)19-16(21)11-13(17(19)22)18-12-9-6-5-7-10-12;2*1-2/h3-11,18H,2H2,1H3;2*1-2H3/b8-3-,15-14-;;. The minimum Gasteiger partial charge on any atom is -0.351 e. The van der Waals surface area contributed by atoms with E-state index in [1.165, 1.54) is 12.2 Å². The van der Waals surface area contributed by atoms with E-state index >= 15 is 0 Å². The zero-order chi connectivity index (χ0) is 21.7. The highest BCUT2D eigenvalue weighted by molar-refractivity contribution is 6.19. The van der Waals surface area contributed by atoms with Crippen molar-refractivity contribution < 1.29 is 14.5 Å². The highest BCUT2D eigenvalue weighted by atomic mass is 16.6. The Labute approximate surface area is 165 Å². The summed E-state index contributed by atoms with van der Waals surface area (Å²) in [5.74, 6) is -1.35. The Bertz CT molecular complexity index is 793. The number of carbonyl (C=O) groups excluding carboxylic acids is 2. The highest BCUT2D eigenvalue weighted by Crippen LogP contribution is 2.23. The summed E-state index contributed by atoms with van der Waals surface area (Å²) in [6.45, 7) is 13.1. The molecule has 150 valence electrons. The molecule has 0 unspecified atom stereocenters. The number of para-hydroxylation sites is 1. The Morgan fingerprint density at radius 1 is 1.14 bits per heavy atom. The molecule has 7 nitrogen and oxygen atoms in total. The third-order valence-corrected chi connectivity index (χ3v) is 3.19. The van der Waals surface area contributed by atoms with Crippen LogP contribution in [0.25, 0.3) is 0 Å². The van der Waals surface area contributed by atoms with Gasteiger partial charge in [-0.05, 0) is 25.1 Å². The maximum atomic E-state index is 12.5. The van der Waals surface area contributed by atoms with Gasteiger partial charge < -0.3 is 5.32 Å². The normalized spacial score (nSPS) is 13.6. The lowest BCUT2D eigenvalue weighted by Crippen LogP contribution is -2.32. The molecule has 1 aromatic rings. The van der Waals surface area contributed by atoms with E-state index in [0.29, 0.717) is 5.69 Å². The number of benzene rings is 1. The number of hydrogen-bond acceptors (Lipinski definition) is 5. The van der Waals surface area contributed by atoms with E-state index in [4.69, 9.17) is 0 Å². The van der Waals surface area contributed by atoms with E-state index in [2.05, 4.69) is 11.9 Å². The summed E-state index contributed by atoms with van der Waals surface area (Å²) in [6.07, 6.45) is 4.88. The van der Waals surface area contributed by atoms with Crippen LogP contribution in [0.3, 0.4) is 0 Å². The van der Waals surface area contributed by atoms with Gasteiger partial charge >= 0.3 is 0 Å². The van der Waals surface area contributed by atoms with Crippen LogP contribution < -0.4 is 5.32 Å². The van der Waals surface area contributed by atoms with Gasteiger partial charge in [0, 0.05) is 17.8 Å². The minimum atomic E-state index is -0.678. The summed E-state index contributed by atoms with van der Waals surface area (Å²) in [4.78, 5) is 35.9. The smallest absolute Gasteiger partial charge is 0.293 e. The van der Waals surface area contributed by atoms with Gasteiger partial charge in [0.25, 0.3) is 17.5 Å². The van der Waals surface area contributed by atoms with Crippen LogP contribution in [0, 0.1) is 10.1 Å². The predicted octanol–water partition coefficient (Wildman–Crippen LogP) is 4.65. The molecule has 1 heterocycles. The Balaban J connectivity index is 0.00000171. The lowest BCUT2D eigenvalue weighted by atomic mass is 10.2. The Morgan fingerprint density at radius 2 is 1.71 bits per heavy atom. The third kappa shape index (κ3) is 6.05. The molecule has 1 aliphatic rings. The molecule has 0 atom stereocenters. The van der Waals surface area contributed by atoms with Crippen LogP contribution >= 0.6 is 0 Å². The van der Waals surface area contributed by atoms with Crippen LogP contribution in [0.4, 0.5) is 5.69 Å². The largest absolute Gasteiger partial charge is 0.351 e. The molecule has 0 spiro atoms. The van der Waals surface area contributed by atoms with Crippen molar-refractivity contribution in [2.75, 3.05) is 5.32 Å². The van der Waals surface area contributed by atoms with Crippen LogP contribution in [-0.2, 0) is 9.59 Å². The summed E-state index contributed by atoms with van der Waals surface area (Å²) in [6, 6.07) is 8.82. The number of hydrogen-bond donors (Lipinski definition) is 1. The molecule has 2 amide bonds. The van der Waals surface area contributed by atoms with Crippen molar-refractivity contribution in [3.8, 4) is 0 Å².